The molecule has 0 fully saturated rings. The summed E-state index contributed by atoms with van der Waals surface area (Å²) in [7, 11) is -2.15. The van der Waals surface area contributed by atoms with Crippen LogP contribution < -0.4 is 0 Å². The lowest BCUT2D eigenvalue weighted by Crippen LogP contribution is -2.29. The number of aliphatic hydroxyl groups is 1. The minimum Gasteiger partial charge on any atom is -0.392 e. The standard InChI is InChI=1S/C12H18FNO3S2/c1-9-6-11(7-10(8-15)12(9)13)19(16,17)14(2)4-5-18-3/h6-7,15H,4-5,8H2,1-3H3. The van der Waals surface area contributed by atoms with Gasteiger partial charge in [0.25, 0.3) is 0 Å². The van der Waals surface area contributed by atoms with E-state index in [-0.39, 0.29) is 16.0 Å². The Labute approximate surface area is 117 Å². The van der Waals surface area contributed by atoms with Gasteiger partial charge in [-0.2, -0.15) is 11.8 Å². The molecule has 108 valence electrons. The van der Waals surface area contributed by atoms with Crippen molar-refractivity contribution < 1.29 is 17.9 Å². The second-order valence-corrected chi connectivity index (χ2v) is 7.22. The average Bonchev–Trinajstić information content (AvgIpc) is 2.38. The Hall–Kier alpha value is -0.630. The van der Waals surface area contributed by atoms with Crippen molar-refractivity contribution in [1.82, 2.24) is 4.31 Å². The van der Waals surface area contributed by atoms with E-state index in [1.165, 1.54) is 30.4 Å². The van der Waals surface area contributed by atoms with E-state index < -0.39 is 22.4 Å². The van der Waals surface area contributed by atoms with Crippen LogP contribution in [0.3, 0.4) is 0 Å². The summed E-state index contributed by atoms with van der Waals surface area (Å²) in [5.74, 6) is 0.121. The van der Waals surface area contributed by atoms with E-state index in [0.717, 1.165) is 0 Å². The summed E-state index contributed by atoms with van der Waals surface area (Å²) in [6, 6.07) is 2.48. The Kier molecular flexibility index (Phi) is 5.79. The van der Waals surface area contributed by atoms with Crippen molar-refractivity contribution in [2.24, 2.45) is 0 Å². The van der Waals surface area contributed by atoms with Gasteiger partial charge < -0.3 is 5.11 Å². The van der Waals surface area contributed by atoms with Gasteiger partial charge in [-0.15, -0.1) is 0 Å². The molecular formula is C12H18FNO3S2. The van der Waals surface area contributed by atoms with Gasteiger partial charge in [0.15, 0.2) is 0 Å². The summed E-state index contributed by atoms with van der Waals surface area (Å²) in [5.41, 5.74) is 0.209. The number of aliphatic hydroxyl groups excluding tert-OH is 1. The number of halogens is 1. The van der Waals surface area contributed by atoms with E-state index in [1.54, 1.807) is 11.8 Å². The van der Waals surface area contributed by atoms with Crippen molar-refractivity contribution >= 4 is 21.8 Å². The first-order chi connectivity index (χ1) is 8.84. The first kappa shape index (κ1) is 16.4. The van der Waals surface area contributed by atoms with Gasteiger partial charge in [0.1, 0.15) is 5.82 Å². The Bertz CT molecular complexity index is 546. The lowest BCUT2D eigenvalue weighted by Gasteiger charge is -2.17. The fraction of sp³-hybridized carbons (Fsp3) is 0.500. The van der Waals surface area contributed by atoms with Gasteiger partial charge in [-0.3, -0.25) is 0 Å². The normalized spacial score (nSPS) is 12.1. The van der Waals surface area contributed by atoms with E-state index in [4.69, 9.17) is 5.11 Å². The zero-order valence-corrected chi connectivity index (χ0v) is 12.8. The molecular weight excluding hydrogens is 289 g/mol. The molecule has 0 aliphatic heterocycles. The monoisotopic (exact) mass is 307 g/mol. The summed E-state index contributed by atoms with van der Waals surface area (Å²) < 4.78 is 39.4. The van der Waals surface area contributed by atoms with Crippen LogP contribution in [-0.4, -0.2) is 43.4 Å². The van der Waals surface area contributed by atoms with Gasteiger partial charge in [0.2, 0.25) is 10.0 Å². The summed E-state index contributed by atoms with van der Waals surface area (Å²) in [6.07, 6.45) is 1.90. The molecule has 0 unspecified atom stereocenters. The first-order valence-electron chi connectivity index (χ1n) is 5.69. The summed E-state index contributed by atoms with van der Waals surface area (Å²) >= 11 is 1.55. The Morgan fingerprint density at radius 1 is 1.42 bits per heavy atom. The van der Waals surface area contributed by atoms with Crippen LogP contribution in [0, 0.1) is 12.7 Å². The molecule has 0 aliphatic rings. The van der Waals surface area contributed by atoms with Gasteiger partial charge in [0, 0.05) is 24.9 Å². The third-order valence-corrected chi connectivity index (χ3v) is 5.22. The number of rotatable bonds is 6. The molecule has 0 saturated heterocycles. The molecule has 1 N–H and O–H groups in total. The zero-order valence-electron chi connectivity index (χ0n) is 11.2. The van der Waals surface area contributed by atoms with Crippen LogP contribution in [0.4, 0.5) is 4.39 Å². The maximum Gasteiger partial charge on any atom is 0.242 e. The largest absolute Gasteiger partial charge is 0.392 e. The number of benzene rings is 1. The smallest absolute Gasteiger partial charge is 0.242 e. The van der Waals surface area contributed by atoms with Crippen molar-refractivity contribution in [3.63, 3.8) is 0 Å². The van der Waals surface area contributed by atoms with Crippen LogP contribution in [-0.2, 0) is 16.6 Å². The molecule has 4 nitrogen and oxygen atoms in total. The Morgan fingerprint density at radius 2 is 2.05 bits per heavy atom. The maximum absolute atomic E-state index is 13.6. The fourth-order valence-electron chi connectivity index (χ4n) is 1.59. The van der Waals surface area contributed by atoms with E-state index >= 15 is 0 Å². The van der Waals surface area contributed by atoms with Gasteiger partial charge in [-0.25, -0.2) is 17.1 Å². The quantitative estimate of drug-likeness (QED) is 0.867. The van der Waals surface area contributed by atoms with Gasteiger partial charge >= 0.3 is 0 Å². The molecule has 0 aromatic heterocycles. The Balaban J connectivity index is 3.18. The number of hydrogen-bond donors (Lipinski definition) is 1. The highest BCUT2D eigenvalue weighted by molar-refractivity contribution is 7.98. The lowest BCUT2D eigenvalue weighted by atomic mass is 10.1. The van der Waals surface area contributed by atoms with Crippen LogP contribution in [0.25, 0.3) is 0 Å². The summed E-state index contributed by atoms with van der Waals surface area (Å²) in [4.78, 5) is 0.0130. The molecule has 1 rings (SSSR count). The second kappa shape index (κ2) is 6.69. The van der Waals surface area contributed by atoms with Crippen molar-refractivity contribution in [1.29, 1.82) is 0 Å². The first-order valence-corrected chi connectivity index (χ1v) is 8.53. The lowest BCUT2D eigenvalue weighted by molar-refractivity contribution is 0.275. The fourth-order valence-corrected chi connectivity index (χ4v) is 3.47. The molecule has 7 heteroatoms. The van der Waals surface area contributed by atoms with Crippen LogP contribution in [0.5, 0.6) is 0 Å². The van der Waals surface area contributed by atoms with Gasteiger partial charge in [-0.1, -0.05) is 0 Å². The van der Waals surface area contributed by atoms with Gasteiger partial charge in [0.05, 0.1) is 11.5 Å². The molecule has 1 aromatic rings. The molecule has 0 aliphatic carbocycles. The molecule has 19 heavy (non-hydrogen) atoms. The van der Waals surface area contributed by atoms with Gasteiger partial charge in [-0.05, 0) is 30.9 Å². The SMILES string of the molecule is CSCCN(C)S(=O)(=O)c1cc(C)c(F)c(CO)c1. The zero-order chi connectivity index (χ0) is 14.6. The summed E-state index contributed by atoms with van der Waals surface area (Å²) in [5, 5.41) is 9.06. The number of aryl methyl sites for hydroxylation is 1. The van der Waals surface area contributed by atoms with Crippen LogP contribution in [0.15, 0.2) is 17.0 Å². The number of sulfonamides is 1. The second-order valence-electron chi connectivity index (χ2n) is 4.19. The van der Waals surface area contributed by atoms with Crippen LogP contribution in [0.2, 0.25) is 0 Å². The van der Waals surface area contributed by atoms with Crippen LogP contribution >= 0.6 is 11.8 Å². The maximum atomic E-state index is 13.6. The highest BCUT2D eigenvalue weighted by Gasteiger charge is 2.22. The molecule has 0 radical (unpaired) electrons. The van der Waals surface area contributed by atoms with Crippen molar-refractivity contribution in [3.8, 4) is 0 Å². The van der Waals surface area contributed by atoms with Crippen molar-refractivity contribution in [2.75, 3.05) is 25.6 Å². The molecule has 0 bridgehead atoms. The van der Waals surface area contributed by atoms with Crippen molar-refractivity contribution in [3.05, 3.63) is 29.1 Å². The van der Waals surface area contributed by atoms with E-state index in [0.29, 0.717) is 12.3 Å². The Morgan fingerprint density at radius 3 is 2.58 bits per heavy atom. The minimum absolute atomic E-state index is 0.00292. The molecule has 1 aromatic carbocycles. The van der Waals surface area contributed by atoms with E-state index in [1.807, 2.05) is 6.26 Å². The molecule has 0 saturated carbocycles. The predicted octanol–water partition coefficient (Wildman–Crippen LogP) is 1.61. The highest BCUT2D eigenvalue weighted by Crippen LogP contribution is 2.21. The third kappa shape index (κ3) is 3.68. The average molecular weight is 307 g/mol. The number of nitrogens with zero attached hydrogens (tertiary/aromatic N) is 1. The van der Waals surface area contributed by atoms with Crippen LogP contribution in [0.1, 0.15) is 11.1 Å². The summed E-state index contributed by atoms with van der Waals surface area (Å²) in [6.45, 7) is 1.34. The third-order valence-electron chi connectivity index (χ3n) is 2.79. The topological polar surface area (TPSA) is 57.6 Å². The minimum atomic E-state index is -3.64. The number of hydrogen-bond acceptors (Lipinski definition) is 4. The molecule has 0 heterocycles. The van der Waals surface area contributed by atoms with E-state index in [2.05, 4.69) is 0 Å². The van der Waals surface area contributed by atoms with E-state index in [9.17, 15) is 12.8 Å². The molecule has 0 atom stereocenters. The molecule has 0 spiro atoms. The van der Waals surface area contributed by atoms with Crippen molar-refractivity contribution in [2.45, 2.75) is 18.4 Å². The number of thioether (sulfide) groups is 1. The molecule has 0 amide bonds. The predicted molar refractivity (Wildman–Crippen MR) is 75.3 cm³/mol. The highest BCUT2D eigenvalue weighted by atomic mass is 32.2.